The fourth-order valence-corrected chi connectivity index (χ4v) is 1.34. The zero-order chi connectivity index (χ0) is 11.3. The van der Waals surface area contributed by atoms with Gasteiger partial charge >= 0.3 is 0 Å². The Morgan fingerprint density at radius 3 is 2.33 bits per heavy atom. The van der Waals surface area contributed by atoms with Crippen LogP contribution in [0.1, 0.15) is 20.8 Å². The van der Waals surface area contributed by atoms with Crippen LogP contribution < -0.4 is 4.74 Å². The molecular weight excluding hydrogens is 208 g/mol. The summed E-state index contributed by atoms with van der Waals surface area (Å²) in [5.41, 5.74) is -0.253. The highest BCUT2D eigenvalue weighted by Crippen LogP contribution is 2.11. The van der Waals surface area contributed by atoms with Gasteiger partial charge in [0.2, 0.25) is 0 Å². The minimum atomic E-state index is -0.253. The van der Waals surface area contributed by atoms with E-state index in [-0.39, 0.29) is 5.60 Å². The van der Waals surface area contributed by atoms with Crippen LogP contribution in [0.3, 0.4) is 0 Å². The molecule has 0 aliphatic heterocycles. The van der Waals surface area contributed by atoms with Crippen LogP contribution in [0.4, 0.5) is 0 Å². The van der Waals surface area contributed by atoms with Gasteiger partial charge in [0, 0.05) is 0 Å². The van der Waals surface area contributed by atoms with Gasteiger partial charge in [-0.15, -0.1) is 0 Å². The second-order valence-corrected chi connectivity index (χ2v) is 4.64. The van der Waals surface area contributed by atoms with Crippen LogP contribution in [0.25, 0.3) is 0 Å². The smallest absolute Gasteiger partial charge is 0.198 e. The second kappa shape index (κ2) is 5.12. The minimum Gasteiger partial charge on any atom is -0.485 e. The average molecular weight is 224 g/mol. The molecule has 0 heterocycles. The minimum absolute atomic E-state index is 0.253. The first-order valence-electron chi connectivity index (χ1n) is 4.87. The Hall–Kier alpha value is -1.09. The summed E-state index contributed by atoms with van der Waals surface area (Å²) < 4.78 is 10.9. The van der Waals surface area contributed by atoms with E-state index in [1.54, 1.807) is 0 Å². The number of benzene rings is 1. The van der Waals surface area contributed by atoms with Crippen molar-refractivity contribution in [2.75, 3.05) is 6.61 Å². The van der Waals surface area contributed by atoms with Gasteiger partial charge < -0.3 is 9.47 Å². The molecule has 0 unspecified atom stereocenters. The number of hydrogen-bond acceptors (Lipinski definition) is 3. The van der Waals surface area contributed by atoms with E-state index in [1.807, 2.05) is 51.1 Å². The molecule has 2 nitrogen and oxygen atoms in total. The monoisotopic (exact) mass is 224 g/mol. The van der Waals surface area contributed by atoms with Crippen molar-refractivity contribution in [3.05, 3.63) is 30.3 Å². The highest BCUT2D eigenvalue weighted by molar-refractivity contribution is 7.80. The van der Waals surface area contributed by atoms with Crippen molar-refractivity contribution in [2.24, 2.45) is 0 Å². The summed E-state index contributed by atoms with van der Waals surface area (Å²) in [6.45, 7) is 6.20. The third kappa shape index (κ3) is 5.37. The highest BCUT2D eigenvalue weighted by Gasteiger charge is 2.13. The third-order valence-electron chi connectivity index (χ3n) is 1.52. The van der Waals surface area contributed by atoms with Crippen molar-refractivity contribution in [3.8, 4) is 5.75 Å². The van der Waals surface area contributed by atoms with E-state index in [2.05, 4.69) is 0 Å². The highest BCUT2D eigenvalue weighted by atomic mass is 32.1. The predicted octanol–water partition coefficient (Wildman–Crippen LogP) is 3.21. The average Bonchev–Trinajstić information content (AvgIpc) is 2.14. The summed E-state index contributed by atoms with van der Waals surface area (Å²) in [6.07, 6.45) is 0. The molecule has 1 aromatic carbocycles. The maximum atomic E-state index is 5.47. The van der Waals surface area contributed by atoms with Crippen molar-refractivity contribution in [1.82, 2.24) is 0 Å². The van der Waals surface area contributed by atoms with Crippen LogP contribution in [0, 0.1) is 0 Å². The van der Waals surface area contributed by atoms with Crippen LogP contribution >= 0.6 is 12.2 Å². The first-order chi connectivity index (χ1) is 6.97. The summed E-state index contributed by atoms with van der Waals surface area (Å²) in [5.74, 6) is 0.803. The van der Waals surface area contributed by atoms with Gasteiger partial charge in [-0.05, 0) is 45.1 Å². The van der Waals surface area contributed by atoms with E-state index in [4.69, 9.17) is 21.7 Å². The maximum Gasteiger partial charge on any atom is 0.198 e. The number of hydrogen-bond donors (Lipinski definition) is 0. The van der Waals surface area contributed by atoms with Crippen molar-refractivity contribution in [1.29, 1.82) is 0 Å². The van der Waals surface area contributed by atoms with Gasteiger partial charge in [0.05, 0.1) is 0 Å². The Balaban J connectivity index is 2.35. The SMILES string of the molecule is CC(C)(C)OC(=S)COc1ccccc1. The molecule has 3 heteroatoms. The van der Waals surface area contributed by atoms with Gasteiger partial charge in [-0.3, -0.25) is 0 Å². The molecule has 0 saturated heterocycles. The number of thiocarbonyl (C=S) groups is 1. The molecule has 0 saturated carbocycles. The molecule has 0 amide bonds. The lowest BCUT2D eigenvalue weighted by atomic mass is 10.2. The summed E-state index contributed by atoms with van der Waals surface area (Å²) >= 11 is 5.05. The Labute approximate surface area is 96.2 Å². The number of rotatable bonds is 3. The Bertz CT molecular complexity index is 314. The van der Waals surface area contributed by atoms with E-state index >= 15 is 0 Å². The standard InChI is InChI=1S/C12H16O2S/c1-12(2,3)14-11(15)9-13-10-7-5-4-6-8-10/h4-8H,9H2,1-3H3. The molecule has 0 aromatic heterocycles. The van der Waals surface area contributed by atoms with Crippen LogP contribution in [-0.4, -0.2) is 17.3 Å². The topological polar surface area (TPSA) is 18.5 Å². The molecule has 0 atom stereocenters. The van der Waals surface area contributed by atoms with Crippen LogP contribution in [0.2, 0.25) is 0 Å². The largest absolute Gasteiger partial charge is 0.485 e. The lowest BCUT2D eigenvalue weighted by Gasteiger charge is -2.21. The van der Waals surface area contributed by atoms with Gasteiger partial charge in [0.25, 0.3) is 0 Å². The fourth-order valence-electron chi connectivity index (χ4n) is 1.03. The van der Waals surface area contributed by atoms with E-state index in [0.717, 1.165) is 5.75 Å². The molecular formula is C12H16O2S. The van der Waals surface area contributed by atoms with Gasteiger partial charge in [-0.1, -0.05) is 18.2 Å². The number of ether oxygens (including phenoxy) is 2. The van der Waals surface area contributed by atoms with Gasteiger partial charge in [-0.25, -0.2) is 0 Å². The van der Waals surface area contributed by atoms with Crippen molar-refractivity contribution in [3.63, 3.8) is 0 Å². The summed E-state index contributed by atoms with van der Waals surface area (Å²) in [5, 5.41) is 0.478. The Kier molecular flexibility index (Phi) is 4.09. The lowest BCUT2D eigenvalue weighted by Crippen LogP contribution is -2.26. The summed E-state index contributed by atoms with van der Waals surface area (Å²) in [7, 11) is 0. The maximum absolute atomic E-state index is 5.47. The molecule has 82 valence electrons. The van der Waals surface area contributed by atoms with E-state index in [1.165, 1.54) is 0 Å². The van der Waals surface area contributed by atoms with Crippen molar-refractivity contribution >= 4 is 17.3 Å². The molecule has 0 N–H and O–H groups in total. The molecule has 15 heavy (non-hydrogen) atoms. The van der Waals surface area contributed by atoms with Crippen LogP contribution in [0.5, 0.6) is 5.75 Å². The first-order valence-corrected chi connectivity index (χ1v) is 5.28. The zero-order valence-electron chi connectivity index (χ0n) is 9.32. The van der Waals surface area contributed by atoms with E-state index < -0.39 is 0 Å². The van der Waals surface area contributed by atoms with E-state index in [9.17, 15) is 0 Å². The Morgan fingerprint density at radius 2 is 1.80 bits per heavy atom. The molecule has 0 bridgehead atoms. The van der Waals surface area contributed by atoms with Crippen molar-refractivity contribution < 1.29 is 9.47 Å². The molecule has 1 rings (SSSR count). The normalized spacial score (nSPS) is 10.9. The fraction of sp³-hybridized carbons (Fsp3) is 0.417. The predicted molar refractivity (Wildman–Crippen MR) is 65.4 cm³/mol. The van der Waals surface area contributed by atoms with Gasteiger partial charge in [0.15, 0.2) is 11.7 Å². The quantitative estimate of drug-likeness (QED) is 0.734. The van der Waals surface area contributed by atoms with E-state index in [0.29, 0.717) is 11.7 Å². The Morgan fingerprint density at radius 1 is 1.20 bits per heavy atom. The van der Waals surface area contributed by atoms with Crippen LogP contribution in [0.15, 0.2) is 30.3 Å². The van der Waals surface area contributed by atoms with Crippen molar-refractivity contribution in [2.45, 2.75) is 26.4 Å². The second-order valence-electron chi connectivity index (χ2n) is 4.19. The molecule has 1 aromatic rings. The van der Waals surface area contributed by atoms with Crippen LogP contribution in [-0.2, 0) is 4.74 Å². The van der Waals surface area contributed by atoms with Gasteiger partial charge in [-0.2, -0.15) is 0 Å². The first kappa shape index (κ1) is 12.0. The molecule has 0 spiro atoms. The molecule has 0 fully saturated rings. The molecule has 0 radical (unpaired) electrons. The zero-order valence-corrected chi connectivity index (χ0v) is 10.1. The lowest BCUT2D eigenvalue weighted by molar-refractivity contribution is 0.111. The number of para-hydroxylation sites is 1. The molecule has 0 aliphatic rings. The molecule has 0 aliphatic carbocycles. The summed E-state index contributed by atoms with van der Waals surface area (Å²) in [4.78, 5) is 0. The third-order valence-corrected chi connectivity index (χ3v) is 1.72. The summed E-state index contributed by atoms with van der Waals surface area (Å²) in [6, 6.07) is 9.56. The van der Waals surface area contributed by atoms with Gasteiger partial charge in [0.1, 0.15) is 11.4 Å².